The van der Waals surface area contributed by atoms with Crippen molar-refractivity contribution < 1.29 is 17.9 Å². The van der Waals surface area contributed by atoms with Crippen molar-refractivity contribution in [3.05, 3.63) is 64.2 Å². The molecular formula is C18H20ClNO4S. The molecule has 5 nitrogen and oxygen atoms in total. The second-order valence-electron chi connectivity index (χ2n) is 5.49. The van der Waals surface area contributed by atoms with Gasteiger partial charge in [-0.15, -0.1) is 0 Å². The zero-order chi connectivity index (χ0) is 18.6. The summed E-state index contributed by atoms with van der Waals surface area (Å²) >= 11 is 6.16. The van der Waals surface area contributed by atoms with Crippen molar-refractivity contribution in [2.75, 3.05) is 13.7 Å². The summed E-state index contributed by atoms with van der Waals surface area (Å²) in [5.41, 5.74) is 1.47. The number of ether oxygens (including phenoxy) is 1. The average Bonchev–Trinajstić information content (AvgIpc) is 2.60. The van der Waals surface area contributed by atoms with E-state index in [1.807, 2.05) is 6.07 Å². The number of carbonyl (C=O) groups excluding carboxylic acids is 1. The van der Waals surface area contributed by atoms with E-state index in [-0.39, 0.29) is 23.5 Å². The Kier molecular flexibility index (Phi) is 6.21. The number of hydrogen-bond donors (Lipinski definition) is 0. The third kappa shape index (κ3) is 4.21. The van der Waals surface area contributed by atoms with E-state index >= 15 is 0 Å². The molecule has 0 saturated carbocycles. The number of esters is 1. The van der Waals surface area contributed by atoms with Crippen molar-refractivity contribution >= 4 is 27.6 Å². The van der Waals surface area contributed by atoms with Crippen LogP contribution in [-0.2, 0) is 21.3 Å². The third-order valence-electron chi connectivity index (χ3n) is 3.88. The van der Waals surface area contributed by atoms with Crippen molar-refractivity contribution in [1.82, 2.24) is 4.31 Å². The molecule has 0 spiro atoms. The van der Waals surface area contributed by atoms with E-state index in [2.05, 4.69) is 4.74 Å². The largest absolute Gasteiger partial charge is 0.465 e. The van der Waals surface area contributed by atoms with Crippen LogP contribution in [0.25, 0.3) is 0 Å². The molecular weight excluding hydrogens is 362 g/mol. The van der Waals surface area contributed by atoms with Gasteiger partial charge in [0.2, 0.25) is 10.0 Å². The zero-order valence-corrected chi connectivity index (χ0v) is 15.9. The molecule has 0 amide bonds. The van der Waals surface area contributed by atoms with E-state index < -0.39 is 16.0 Å². The lowest BCUT2D eigenvalue weighted by atomic mass is 10.1. The van der Waals surface area contributed by atoms with Crippen LogP contribution in [0.5, 0.6) is 0 Å². The van der Waals surface area contributed by atoms with Crippen LogP contribution in [0.4, 0.5) is 0 Å². The minimum Gasteiger partial charge on any atom is -0.465 e. The van der Waals surface area contributed by atoms with Gasteiger partial charge in [0.25, 0.3) is 0 Å². The van der Waals surface area contributed by atoms with Gasteiger partial charge in [-0.1, -0.05) is 42.8 Å². The molecule has 0 bridgehead atoms. The van der Waals surface area contributed by atoms with Crippen LogP contribution in [-0.4, -0.2) is 32.3 Å². The van der Waals surface area contributed by atoms with E-state index in [1.54, 1.807) is 44.2 Å². The molecule has 0 fully saturated rings. The first kappa shape index (κ1) is 19.4. The zero-order valence-electron chi connectivity index (χ0n) is 14.3. The topological polar surface area (TPSA) is 63.7 Å². The minimum atomic E-state index is -3.79. The predicted octanol–water partition coefficient (Wildman–Crippen LogP) is 3.65. The maximum atomic E-state index is 13.1. The predicted molar refractivity (Wildman–Crippen MR) is 97.2 cm³/mol. The number of benzene rings is 2. The molecule has 0 aromatic heterocycles. The van der Waals surface area contributed by atoms with Gasteiger partial charge in [-0.2, -0.15) is 4.31 Å². The van der Waals surface area contributed by atoms with Gasteiger partial charge in [-0.3, -0.25) is 0 Å². The number of halogens is 1. The summed E-state index contributed by atoms with van der Waals surface area (Å²) in [7, 11) is -2.54. The molecule has 2 aromatic rings. The second-order valence-corrected chi connectivity index (χ2v) is 7.81. The molecule has 134 valence electrons. The Morgan fingerprint density at radius 1 is 1.20 bits per heavy atom. The molecule has 0 unspecified atom stereocenters. The first-order valence-electron chi connectivity index (χ1n) is 7.73. The van der Waals surface area contributed by atoms with Crippen molar-refractivity contribution in [2.24, 2.45) is 0 Å². The summed E-state index contributed by atoms with van der Waals surface area (Å²) in [6.45, 7) is 3.88. The quantitative estimate of drug-likeness (QED) is 0.716. The van der Waals surface area contributed by atoms with Crippen LogP contribution in [0.3, 0.4) is 0 Å². The summed E-state index contributed by atoms with van der Waals surface area (Å²) in [4.78, 5) is 11.8. The highest BCUT2D eigenvalue weighted by Crippen LogP contribution is 2.25. The van der Waals surface area contributed by atoms with E-state index in [0.717, 1.165) is 5.56 Å². The highest BCUT2D eigenvalue weighted by atomic mass is 35.5. The van der Waals surface area contributed by atoms with Crippen LogP contribution in [0.15, 0.2) is 47.4 Å². The van der Waals surface area contributed by atoms with Crippen molar-refractivity contribution in [2.45, 2.75) is 25.3 Å². The van der Waals surface area contributed by atoms with E-state index in [1.165, 1.54) is 17.5 Å². The van der Waals surface area contributed by atoms with Gasteiger partial charge < -0.3 is 4.74 Å². The number of rotatable bonds is 6. The molecule has 7 heteroatoms. The summed E-state index contributed by atoms with van der Waals surface area (Å²) in [6, 6.07) is 11.6. The molecule has 0 aliphatic carbocycles. The van der Waals surface area contributed by atoms with Crippen LogP contribution in [0.1, 0.15) is 28.4 Å². The summed E-state index contributed by atoms with van der Waals surface area (Å²) in [5, 5.41) is 0.510. The van der Waals surface area contributed by atoms with Gasteiger partial charge in [0, 0.05) is 18.1 Å². The number of nitrogens with zero attached hydrogens (tertiary/aromatic N) is 1. The molecule has 0 N–H and O–H groups in total. The van der Waals surface area contributed by atoms with Crippen LogP contribution in [0, 0.1) is 6.92 Å². The lowest BCUT2D eigenvalue weighted by Gasteiger charge is -2.22. The first-order chi connectivity index (χ1) is 11.8. The molecule has 0 radical (unpaired) electrons. The molecule has 0 aliphatic heterocycles. The fraction of sp³-hybridized carbons (Fsp3) is 0.278. The molecule has 0 heterocycles. The van der Waals surface area contributed by atoms with Gasteiger partial charge in [-0.25, -0.2) is 13.2 Å². The Morgan fingerprint density at radius 3 is 2.48 bits per heavy atom. The van der Waals surface area contributed by atoms with Crippen molar-refractivity contribution in [3.8, 4) is 0 Å². The van der Waals surface area contributed by atoms with Gasteiger partial charge in [0.1, 0.15) is 0 Å². The number of sulfonamides is 1. The summed E-state index contributed by atoms with van der Waals surface area (Å²) < 4.78 is 32.2. The summed E-state index contributed by atoms with van der Waals surface area (Å²) in [5.74, 6) is -0.578. The average molecular weight is 382 g/mol. The van der Waals surface area contributed by atoms with Crippen LogP contribution < -0.4 is 0 Å². The van der Waals surface area contributed by atoms with E-state index in [9.17, 15) is 13.2 Å². The minimum absolute atomic E-state index is 0.0873. The maximum Gasteiger partial charge on any atom is 0.337 e. The number of aryl methyl sites for hydroxylation is 1. The molecule has 2 aromatic carbocycles. The fourth-order valence-corrected chi connectivity index (χ4v) is 4.32. The summed E-state index contributed by atoms with van der Waals surface area (Å²) in [6.07, 6.45) is 0. The molecule has 0 atom stereocenters. The van der Waals surface area contributed by atoms with Gasteiger partial charge in [0.05, 0.1) is 17.6 Å². The Labute approximate surface area is 153 Å². The molecule has 0 saturated heterocycles. The molecule has 0 aliphatic rings. The standard InChI is InChI=1S/C18H20ClNO4S/c1-4-20(12-15-7-5-6-8-16(15)19)25(22,23)17-11-14(18(21)24-3)10-9-13(17)2/h5-11H,4,12H2,1-3H3. The first-order valence-corrected chi connectivity index (χ1v) is 9.55. The fourth-order valence-electron chi connectivity index (χ4n) is 2.45. The third-order valence-corrected chi connectivity index (χ3v) is 6.32. The Balaban J connectivity index is 2.45. The van der Waals surface area contributed by atoms with Crippen molar-refractivity contribution in [1.29, 1.82) is 0 Å². The lowest BCUT2D eigenvalue weighted by Crippen LogP contribution is -2.31. The van der Waals surface area contributed by atoms with E-state index in [4.69, 9.17) is 11.6 Å². The molecule has 25 heavy (non-hydrogen) atoms. The number of methoxy groups -OCH3 is 1. The Morgan fingerprint density at radius 2 is 1.88 bits per heavy atom. The highest BCUT2D eigenvalue weighted by molar-refractivity contribution is 7.89. The van der Waals surface area contributed by atoms with Crippen LogP contribution >= 0.6 is 11.6 Å². The lowest BCUT2D eigenvalue weighted by molar-refractivity contribution is 0.0600. The van der Waals surface area contributed by atoms with Crippen LogP contribution in [0.2, 0.25) is 5.02 Å². The number of hydrogen-bond acceptors (Lipinski definition) is 4. The maximum absolute atomic E-state index is 13.1. The van der Waals surface area contributed by atoms with Gasteiger partial charge in [-0.05, 0) is 36.2 Å². The normalized spacial score (nSPS) is 11.6. The van der Waals surface area contributed by atoms with Gasteiger partial charge in [0.15, 0.2) is 0 Å². The number of carbonyl (C=O) groups is 1. The molecule has 2 rings (SSSR count). The highest BCUT2D eigenvalue weighted by Gasteiger charge is 2.26. The van der Waals surface area contributed by atoms with Crippen molar-refractivity contribution in [3.63, 3.8) is 0 Å². The Hall–Kier alpha value is -1.89. The van der Waals surface area contributed by atoms with Gasteiger partial charge >= 0.3 is 5.97 Å². The van der Waals surface area contributed by atoms with E-state index in [0.29, 0.717) is 10.6 Å². The smallest absolute Gasteiger partial charge is 0.337 e. The second kappa shape index (κ2) is 7.99. The SMILES string of the molecule is CCN(Cc1ccccc1Cl)S(=O)(=O)c1cc(C(=O)OC)ccc1C. The Bertz CT molecular complexity index is 880. The monoisotopic (exact) mass is 381 g/mol.